The quantitative estimate of drug-likeness (QED) is 0.444. The second-order valence-electron chi connectivity index (χ2n) is 3.18. The first kappa shape index (κ1) is 12.5. The second kappa shape index (κ2) is 6.81. The zero-order chi connectivity index (χ0) is 11.1. The molecule has 0 saturated carbocycles. The van der Waals surface area contributed by atoms with Gasteiger partial charge in [0.2, 0.25) is 0 Å². The Balaban J connectivity index is 2.42. The normalized spacial score (nSPS) is 12.7. The second-order valence-corrected chi connectivity index (χ2v) is 4.27. The third-order valence-electron chi connectivity index (χ3n) is 1.87. The third kappa shape index (κ3) is 4.63. The van der Waals surface area contributed by atoms with Gasteiger partial charge in [-0.05, 0) is 24.6 Å². The molecule has 0 aliphatic rings. The van der Waals surface area contributed by atoms with Crippen molar-refractivity contribution in [1.29, 1.82) is 0 Å². The zero-order valence-electron chi connectivity index (χ0n) is 8.55. The van der Waals surface area contributed by atoms with Gasteiger partial charge in [0.1, 0.15) is 6.61 Å². The van der Waals surface area contributed by atoms with Crippen LogP contribution in [0.1, 0.15) is 12.5 Å². The molecular formula is C10H15NO3S. The Kier molecular flexibility index (Phi) is 5.67. The summed E-state index contributed by atoms with van der Waals surface area (Å²) in [6, 6.07) is 7.77. The van der Waals surface area contributed by atoms with E-state index < -0.39 is 0 Å². The van der Waals surface area contributed by atoms with Crippen molar-refractivity contribution in [3.63, 3.8) is 0 Å². The zero-order valence-corrected chi connectivity index (χ0v) is 9.37. The lowest BCUT2D eigenvalue weighted by atomic mass is 10.2. The van der Waals surface area contributed by atoms with Gasteiger partial charge >= 0.3 is 0 Å². The Morgan fingerprint density at radius 1 is 1.40 bits per heavy atom. The Morgan fingerprint density at radius 3 is 2.60 bits per heavy atom. The summed E-state index contributed by atoms with van der Waals surface area (Å²) in [5.74, 6) is 5.85. The van der Waals surface area contributed by atoms with E-state index in [0.29, 0.717) is 0 Å². The van der Waals surface area contributed by atoms with Crippen LogP contribution in [0, 0.1) is 0 Å². The molecule has 84 valence electrons. The standard InChI is InChI=1S/C10H15NO3S/c1-8(14-11)7-15-10-4-2-9(3-5-10)6-13-12/h2-5,8,12H,6-7,11H2,1H3. The van der Waals surface area contributed by atoms with Gasteiger partial charge in [-0.1, -0.05) is 12.1 Å². The SMILES string of the molecule is CC(CSc1ccc(COO)cc1)ON. The summed E-state index contributed by atoms with van der Waals surface area (Å²) in [5, 5.41) is 8.26. The summed E-state index contributed by atoms with van der Waals surface area (Å²) >= 11 is 1.67. The minimum absolute atomic E-state index is 0.0375. The van der Waals surface area contributed by atoms with Crippen LogP contribution in [0.5, 0.6) is 0 Å². The number of benzene rings is 1. The third-order valence-corrected chi connectivity index (χ3v) is 3.11. The minimum atomic E-state index is 0.0375. The molecule has 0 aliphatic carbocycles. The first-order valence-electron chi connectivity index (χ1n) is 4.60. The van der Waals surface area contributed by atoms with E-state index in [1.165, 1.54) is 0 Å². The molecule has 15 heavy (non-hydrogen) atoms. The molecule has 5 heteroatoms. The summed E-state index contributed by atoms with van der Waals surface area (Å²) in [4.78, 5) is 9.84. The molecule has 0 radical (unpaired) electrons. The van der Waals surface area contributed by atoms with E-state index in [4.69, 9.17) is 11.2 Å². The highest BCUT2D eigenvalue weighted by atomic mass is 32.2. The average molecular weight is 229 g/mol. The van der Waals surface area contributed by atoms with Gasteiger partial charge < -0.3 is 4.84 Å². The van der Waals surface area contributed by atoms with Crippen molar-refractivity contribution < 1.29 is 15.0 Å². The van der Waals surface area contributed by atoms with E-state index in [-0.39, 0.29) is 12.7 Å². The van der Waals surface area contributed by atoms with E-state index in [9.17, 15) is 0 Å². The van der Waals surface area contributed by atoms with Crippen LogP contribution in [-0.4, -0.2) is 17.1 Å². The summed E-state index contributed by atoms with van der Waals surface area (Å²) in [7, 11) is 0. The molecular weight excluding hydrogens is 214 g/mol. The van der Waals surface area contributed by atoms with Gasteiger partial charge in [-0.2, -0.15) is 0 Å². The van der Waals surface area contributed by atoms with Crippen LogP contribution in [0.4, 0.5) is 0 Å². The smallest absolute Gasteiger partial charge is 0.107 e. The molecule has 0 amide bonds. The van der Waals surface area contributed by atoms with Gasteiger partial charge in [-0.15, -0.1) is 11.8 Å². The molecule has 4 nitrogen and oxygen atoms in total. The van der Waals surface area contributed by atoms with Crippen LogP contribution in [-0.2, 0) is 16.3 Å². The molecule has 1 rings (SSSR count). The summed E-state index contributed by atoms with van der Waals surface area (Å²) in [6.45, 7) is 2.13. The molecule has 0 aromatic heterocycles. The van der Waals surface area contributed by atoms with Gasteiger partial charge in [0.15, 0.2) is 0 Å². The topological polar surface area (TPSA) is 64.7 Å². The van der Waals surface area contributed by atoms with Crippen molar-refractivity contribution in [1.82, 2.24) is 0 Å². The van der Waals surface area contributed by atoms with Crippen LogP contribution < -0.4 is 5.90 Å². The highest BCUT2D eigenvalue weighted by Crippen LogP contribution is 2.19. The van der Waals surface area contributed by atoms with Crippen molar-refractivity contribution in [3.05, 3.63) is 29.8 Å². The molecule has 0 aliphatic heterocycles. The van der Waals surface area contributed by atoms with Crippen molar-refractivity contribution in [2.45, 2.75) is 24.5 Å². The van der Waals surface area contributed by atoms with Gasteiger partial charge in [0.25, 0.3) is 0 Å². The number of rotatable bonds is 6. The largest absolute Gasteiger partial charge is 0.301 e. The summed E-state index contributed by atoms with van der Waals surface area (Å²) < 4.78 is 0. The van der Waals surface area contributed by atoms with E-state index in [1.807, 2.05) is 31.2 Å². The first-order valence-corrected chi connectivity index (χ1v) is 5.58. The van der Waals surface area contributed by atoms with E-state index in [2.05, 4.69) is 9.73 Å². The van der Waals surface area contributed by atoms with Crippen LogP contribution in [0.15, 0.2) is 29.2 Å². The molecule has 0 fully saturated rings. The van der Waals surface area contributed by atoms with Crippen molar-refractivity contribution >= 4 is 11.8 Å². The van der Waals surface area contributed by atoms with E-state index >= 15 is 0 Å². The van der Waals surface area contributed by atoms with Gasteiger partial charge in [0.05, 0.1) is 6.10 Å². The monoisotopic (exact) mass is 229 g/mol. The van der Waals surface area contributed by atoms with E-state index in [1.54, 1.807) is 11.8 Å². The Morgan fingerprint density at radius 2 is 2.07 bits per heavy atom. The molecule has 0 saturated heterocycles. The highest BCUT2D eigenvalue weighted by molar-refractivity contribution is 7.99. The molecule has 3 N–H and O–H groups in total. The fourth-order valence-corrected chi connectivity index (χ4v) is 1.84. The molecule has 1 aromatic rings. The molecule has 1 aromatic carbocycles. The lowest BCUT2D eigenvalue weighted by Crippen LogP contribution is -2.15. The van der Waals surface area contributed by atoms with Crippen LogP contribution in [0.25, 0.3) is 0 Å². The van der Waals surface area contributed by atoms with Crippen molar-refractivity contribution in [2.75, 3.05) is 5.75 Å². The summed E-state index contributed by atoms with van der Waals surface area (Å²) in [6.07, 6.45) is 0.0375. The van der Waals surface area contributed by atoms with Gasteiger partial charge in [-0.25, -0.2) is 10.8 Å². The highest BCUT2D eigenvalue weighted by Gasteiger charge is 2.01. The fourth-order valence-electron chi connectivity index (χ4n) is 1.01. The molecule has 0 bridgehead atoms. The van der Waals surface area contributed by atoms with Crippen LogP contribution in [0.2, 0.25) is 0 Å². The average Bonchev–Trinajstić information content (AvgIpc) is 2.28. The van der Waals surface area contributed by atoms with Crippen molar-refractivity contribution in [3.8, 4) is 0 Å². The lowest BCUT2D eigenvalue weighted by molar-refractivity contribution is -0.253. The van der Waals surface area contributed by atoms with Crippen LogP contribution >= 0.6 is 11.8 Å². The number of hydrogen-bond acceptors (Lipinski definition) is 5. The molecule has 1 atom stereocenters. The predicted molar refractivity (Wildman–Crippen MR) is 59.3 cm³/mol. The Hall–Kier alpha value is -0.590. The maximum absolute atomic E-state index is 8.26. The molecule has 0 heterocycles. The Bertz CT molecular complexity index is 279. The van der Waals surface area contributed by atoms with E-state index in [0.717, 1.165) is 16.2 Å². The van der Waals surface area contributed by atoms with Crippen LogP contribution in [0.3, 0.4) is 0 Å². The van der Waals surface area contributed by atoms with Gasteiger partial charge in [0, 0.05) is 10.6 Å². The Labute approximate surface area is 93.3 Å². The van der Waals surface area contributed by atoms with Gasteiger partial charge in [-0.3, -0.25) is 5.26 Å². The lowest BCUT2D eigenvalue weighted by Gasteiger charge is -2.08. The summed E-state index contributed by atoms with van der Waals surface area (Å²) in [5.41, 5.74) is 0.935. The maximum Gasteiger partial charge on any atom is 0.107 e. The minimum Gasteiger partial charge on any atom is -0.301 e. The number of hydrogen-bond donors (Lipinski definition) is 2. The molecule has 0 spiro atoms. The predicted octanol–water partition coefficient (Wildman–Crippen LogP) is 2.05. The first-order chi connectivity index (χ1) is 7.26. The molecule has 1 unspecified atom stereocenters. The number of thioether (sulfide) groups is 1. The fraction of sp³-hybridized carbons (Fsp3) is 0.400. The van der Waals surface area contributed by atoms with Crippen molar-refractivity contribution in [2.24, 2.45) is 5.90 Å². The maximum atomic E-state index is 8.26. The number of nitrogens with two attached hydrogens (primary N) is 1.